The summed E-state index contributed by atoms with van der Waals surface area (Å²) in [4.78, 5) is 7.31. The Morgan fingerprint density at radius 1 is 1.44 bits per heavy atom. The van der Waals surface area contributed by atoms with Gasteiger partial charge in [-0.3, -0.25) is 0 Å². The van der Waals surface area contributed by atoms with Gasteiger partial charge in [0.15, 0.2) is 11.6 Å². The first-order valence-corrected chi connectivity index (χ1v) is 5.74. The second-order valence-corrected chi connectivity index (χ2v) is 3.76. The summed E-state index contributed by atoms with van der Waals surface area (Å²) < 4.78 is 18.8. The maximum atomic E-state index is 13.4. The zero-order chi connectivity index (χ0) is 13.0. The van der Waals surface area contributed by atoms with Crippen LogP contribution < -0.4 is 10.1 Å². The summed E-state index contributed by atoms with van der Waals surface area (Å²) in [5.41, 5.74) is 0.662. The highest BCUT2D eigenvalue weighted by Crippen LogP contribution is 2.22. The molecular formula is C12H11ClFN3O. The van der Waals surface area contributed by atoms with Crippen LogP contribution in [0.25, 0.3) is 0 Å². The van der Waals surface area contributed by atoms with Crippen molar-refractivity contribution < 1.29 is 9.13 Å². The van der Waals surface area contributed by atoms with Gasteiger partial charge in [-0.05, 0) is 30.7 Å². The molecule has 0 saturated carbocycles. The van der Waals surface area contributed by atoms with Gasteiger partial charge in [0.1, 0.15) is 5.75 Å². The second kappa shape index (κ2) is 5.64. The molecule has 18 heavy (non-hydrogen) atoms. The molecule has 0 bridgehead atoms. The number of ether oxygens (including phenoxy) is 1. The van der Waals surface area contributed by atoms with E-state index >= 15 is 0 Å². The van der Waals surface area contributed by atoms with Crippen LogP contribution in [0.15, 0.2) is 30.5 Å². The molecule has 94 valence electrons. The summed E-state index contributed by atoms with van der Waals surface area (Å²) in [6.45, 7) is 2.46. The van der Waals surface area contributed by atoms with E-state index in [-0.39, 0.29) is 11.1 Å². The molecule has 2 rings (SSSR count). The molecule has 0 aliphatic rings. The van der Waals surface area contributed by atoms with Crippen molar-refractivity contribution in [2.24, 2.45) is 0 Å². The second-order valence-electron chi connectivity index (χ2n) is 3.42. The molecule has 1 heterocycles. The number of nitrogens with one attached hydrogen (secondary N) is 1. The highest BCUT2D eigenvalue weighted by molar-refractivity contribution is 6.28. The summed E-state index contributed by atoms with van der Waals surface area (Å²) in [5, 5.41) is 2.81. The summed E-state index contributed by atoms with van der Waals surface area (Å²) in [7, 11) is 0. The van der Waals surface area contributed by atoms with Crippen LogP contribution >= 0.6 is 11.6 Å². The van der Waals surface area contributed by atoms with Crippen LogP contribution in [0, 0.1) is 5.82 Å². The van der Waals surface area contributed by atoms with Crippen LogP contribution in [0.2, 0.25) is 5.28 Å². The van der Waals surface area contributed by atoms with Crippen molar-refractivity contribution in [3.05, 3.63) is 41.6 Å². The third kappa shape index (κ3) is 3.07. The zero-order valence-electron chi connectivity index (χ0n) is 9.65. The minimum atomic E-state index is -0.568. The van der Waals surface area contributed by atoms with E-state index in [0.29, 0.717) is 18.0 Å². The molecular weight excluding hydrogens is 257 g/mol. The van der Waals surface area contributed by atoms with Crippen LogP contribution in [0.4, 0.5) is 15.9 Å². The number of aromatic nitrogens is 2. The van der Waals surface area contributed by atoms with Crippen molar-refractivity contribution in [3.63, 3.8) is 0 Å². The molecule has 0 radical (unpaired) electrons. The molecule has 0 aliphatic carbocycles. The molecule has 0 saturated heterocycles. The predicted octanol–water partition coefficient (Wildman–Crippen LogP) is 3.41. The molecule has 0 spiro atoms. The lowest BCUT2D eigenvalue weighted by atomic mass is 10.3. The molecule has 1 aromatic heterocycles. The Labute approximate surface area is 109 Å². The van der Waals surface area contributed by atoms with Crippen LogP contribution in [0.5, 0.6) is 5.75 Å². The molecule has 0 aliphatic heterocycles. The number of hydrogen-bond acceptors (Lipinski definition) is 4. The summed E-state index contributed by atoms with van der Waals surface area (Å²) in [6, 6.07) is 7.14. The summed E-state index contributed by atoms with van der Waals surface area (Å²) in [6.07, 6.45) is 1.02. The van der Waals surface area contributed by atoms with Crippen LogP contribution in [-0.2, 0) is 0 Å². The standard InChI is InChI=1S/C12H11ClFN3O/c1-2-18-9-5-3-4-8(6-9)16-11-10(14)7-15-12(13)17-11/h3-7H,2H2,1H3,(H,15,16,17). The minimum absolute atomic E-state index is 0.0140. The fourth-order valence-electron chi connectivity index (χ4n) is 1.40. The third-order valence-electron chi connectivity index (χ3n) is 2.12. The first-order chi connectivity index (χ1) is 8.69. The van der Waals surface area contributed by atoms with Crippen molar-refractivity contribution in [3.8, 4) is 5.75 Å². The first kappa shape index (κ1) is 12.6. The third-order valence-corrected chi connectivity index (χ3v) is 2.30. The van der Waals surface area contributed by atoms with Gasteiger partial charge < -0.3 is 10.1 Å². The molecule has 4 nitrogen and oxygen atoms in total. The van der Waals surface area contributed by atoms with Gasteiger partial charge >= 0.3 is 0 Å². The normalized spacial score (nSPS) is 10.2. The molecule has 2 aromatic rings. The van der Waals surface area contributed by atoms with Crippen molar-refractivity contribution in [2.75, 3.05) is 11.9 Å². The number of hydrogen-bond donors (Lipinski definition) is 1. The smallest absolute Gasteiger partial charge is 0.224 e. The largest absolute Gasteiger partial charge is 0.494 e. The fraction of sp³-hybridized carbons (Fsp3) is 0.167. The van der Waals surface area contributed by atoms with Crippen molar-refractivity contribution >= 4 is 23.1 Å². The Morgan fingerprint density at radius 2 is 2.28 bits per heavy atom. The molecule has 0 unspecified atom stereocenters. The average molecular weight is 268 g/mol. The summed E-state index contributed by atoms with van der Waals surface area (Å²) in [5.74, 6) is 0.160. The monoisotopic (exact) mass is 267 g/mol. The highest BCUT2D eigenvalue weighted by Gasteiger charge is 2.06. The van der Waals surface area contributed by atoms with Crippen molar-refractivity contribution in [1.82, 2.24) is 9.97 Å². The van der Waals surface area contributed by atoms with Gasteiger partial charge in [0.25, 0.3) is 0 Å². The van der Waals surface area contributed by atoms with E-state index in [9.17, 15) is 4.39 Å². The van der Waals surface area contributed by atoms with Gasteiger partial charge in [-0.15, -0.1) is 0 Å². The summed E-state index contributed by atoms with van der Waals surface area (Å²) >= 11 is 5.61. The number of rotatable bonds is 4. The number of anilines is 2. The van der Waals surface area contributed by atoms with E-state index in [1.165, 1.54) is 0 Å². The molecule has 1 aromatic carbocycles. The predicted molar refractivity (Wildman–Crippen MR) is 67.9 cm³/mol. The molecule has 1 N–H and O–H groups in total. The Hall–Kier alpha value is -1.88. The Morgan fingerprint density at radius 3 is 3.06 bits per heavy atom. The fourth-order valence-corrected chi connectivity index (χ4v) is 1.53. The average Bonchev–Trinajstić information content (AvgIpc) is 2.35. The van der Waals surface area contributed by atoms with E-state index in [2.05, 4.69) is 15.3 Å². The van der Waals surface area contributed by atoms with Gasteiger partial charge in [-0.25, -0.2) is 9.37 Å². The lowest BCUT2D eigenvalue weighted by molar-refractivity contribution is 0.340. The quantitative estimate of drug-likeness (QED) is 0.863. The topological polar surface area (TPSA) is 47.0 Å². The zero-order valence-corrected chi connectivity index (χ0v) is 10.4. The van der Waals surface area contributed by atoms with Crippen LogP contribution in [-0.4, -0.2) is 16.6 Å². The number of nitrogens with zero attached hydrogens (tertiary/aromatic N) is 2. The minimum Gasteiger partial charge on any atom is -0.494 e. The van der Waals surface area contributed by atoms with Crippen molar-refractivity contribution in [1.29, 1.82) is 0 Å². The van der Waals surface area contributed by atoms with Crippen molar-refractivity contribution in [2.45, 2.75) is 6.92 Å². The Bertz CT molecular complexity index is 551. The van der Waals surface area contributed by atoms with E-state index in [4.69, 9.17) is 16.3 Å². The maximum absolute atomic E-state index is 13.4. The van der Waals surface area contributed by atoms with Gasteiger partial charge in [0.05, 0.1) is 12.8 Å². The Kier molecular flexibility index (Phi) is 3.94. The molecule has 0 fully saturated rings. The lowest BCUT2D eigenvalue weighted by Crippen LogP contribution is -1.99. The van der Waals surface area contributed by atoms with Gasteiger partial charge in [-0.1, -0.05) is 6.07 Å². The van der Waals surface area contributed by atoms with Crippen LogP contribution in [0.1, 0.15) is 6.92 Å². The number of benzene rings is 1. The van der Waals surface area contributed by atoms with Gasteiger partial charge in [0, 0.05) is 11.8 Å². The van der Waals surface area contributed by atoms with E-state index in [1.54, 1.807) is 18.2 Å². The molecule has 0 amide bonds. The van der Waals surface area contributed by atoms with Crippen LogP contribution in [0.3, 0.4) is 0 Å². The van der Waals surface area contributed by atoms with E-state index in [1.807, 2.05) is 13.0 Å². The van der Waals surface area contributed by atoms with E-state index in [0.717, 1.165) is 6.20 Å². The van der Waals surface area contributed by atoms with Gasteiger partial charge in [-0.2, -0.15) is 4.98 Å². The molecule has 0 atom stereocenters. The van der Waals surface area contributed by atoms with E-state index < -0.39 is 5.82 Å². The SMILES string of the molecule is CCOc1cccc(Nc2nc(Cl)ncc2F)c1. The number of halogens is 2. The first-order valence-electron chi connectivity index (χ1n) is 5.37. The lowest BCUT2D eigenvalue weighted by Gasteiger charge is -2.08. The Balaban J connectivity index is 2.22. The maximum Gasteiger partial charge on any atom is 0.224 e. The van der Waals surface area contributed by atoms with Gasteiger partial charge in [0.2, 0.25) is 5.28 Å². The highest BCUT2D eigenvalue weighted by atomic mass is 35.5. The molecule has 6 heteroatoms.